The zero-order valence-electron chi connectivity index (χ0n) is 44.6. The third kappa shape index (κ3) is 7.77. The number of hydrogen-bond acceptors (Lipinski definition) is 5. The number of rotatable bonds is 9. The van der Waals surface area contributed by atoms with Gasteiger partial charge in [-0.25, -0.2) is 15.0 Å². The molecule has 0 atom stereocenters. The molecule has 0 unspecified atom stereocenters. The summed E-state index contributed by atoms with van der Waals surface area (Å²) < 4.78 is 2.43. The first kappa shape index (κ1) is 47.1. The Morgan fingerprint density at radius 1 is 0.268 bits per heavy atom. The zero-order chi connectivity index (χ0) is 54.1. The van der Waals surface area contributed by atoms with Crippen molar-refractivity contribution in [1.82, 2.24) is 19.5 Å². The van der Waals surface area contributed by atoms with E-state index in [2.05, 4.69) is 275 Å². The summed E-state index contributed by atoms with van der Waals surface area (Å²) in [6, 6.07) is 107. The summed E-state index contributed by atoms with van der Waals surface area (Å²) in [7, 11) is 0. The van der Waals surface area contributed by atoms with Gasteiger partial charge in [0.25, 0.3) is 6.71 Å². The molecule has 2 aliphatic rings. The van der Waals surface area contributed by atoms with E-state index in [1.54, 1.807) is 0 Å². The van der Waals surface area contributed by atoms with Gasteiger partial charge in [0, 0.05) is 67.0 Å². The molecule has 7 heteroatoms. The molecule has 2 aliphatic heterocycles. The third-order valence-corrected chi connectivity index (χ3v) is 16.4. The Labute approximate surface area is 476 Å². The molecule has 6 nitrogen and oxygen atoms in total. The Morgan fingerprint density at radius 3 is 1.34 bits per heavy atom. The van der Waals surface area contributed by atoms with E-state index in [1.165, 1.54) is 61.0 Å². The third-order valence-electron chi connectivity index (χ3n) is 16.4. The molecule has 0 saturated heterocycles. The fourth-order valence-corrected chi connectivity index (χ4v) is 12.8. The monoisotopic (exact) mass is 1040 g/mol. The van der Waals surface area contributed by atoms with Crippen LogP contribution in [0.3, 0.4) is 0 Å². The summed E-state index contributed by atoms with van der Waals surface area (Å²) in [5.41, 5.74) is 23.6. The van der Waals surface area contributed by atoms with Crippen LogP contribution in [0.1, 0.15) is 0 Å². The van der Waals surface area contributed by atoms with Crippen molar-refractivity contribution >= 4 is 79.0 Å². The van der Waals surface area contributed by atoms with Crippen LogP contribution in [0.2, 0.25) is 0 Å². The second kappa shape index (κ2) is 19.5. The van der Waals surface area contributed by atoms with E-state index in [-0.39, 0.29) is 6.71 Å². The van der Waals surface area contributed by atoms with E-state index < -0.39 is 0 Å². The Morgan fingerprint density at radius 2 is 0.720 bits per heavy atom. The van der Waals surface area contributed by atoms with E-state index in [0.29, 0.717) is 17.5 Å². The molecule has 0 radical (unpaired) electrons. The van der Waals surface area contributed by atoms with Crippen molar-refractivity contribution in [3.8, 4) is 73.2 Å². The van der Waals surface area contributed by atoms with Gasteiger partial charge in [0.1, 0.15) is 0 Å². The highest BCUT2D eigenvalue weighted by Gasteiger charge is 2.44. The highest BCUT2D eigenvalue weighted by atomic mass is 15.2. The first-order valence-corrected chi connectivity index (χ1v) is 28.0. The van der Waals surface area contributed by atoms with Gasteiger partial charge in [-0.3, -0.25) is 0 Å². The molecule has 14 aromatic rings. The van der Waals surface area contributed by atoms with E-state index in [0.717, 1.165) is 67.0 Å². The van der Waals surface area contributed by atoms with Crippen LogP contribution < -0.4 is 26.2 Å². The van der Waals surface area contributed by atoms with Crippen molar-refractivity contribution in [2.75, 3.05) is 9.80 Å². The van der Waals surface area contributed by atoms with Gasteiger partial charge >= 0.3 is 0 Å². The Kier molecular flexibility index (Phi) is 11.2. The second-order valence-corrected chi connectivity index (χ2v) is 21.1. The lowest BCUT2D eigenvalue weighted by Gasteiger charge is -2.45. The quantitative estimate of drug-likeness (QED) is 0.135. The van der Waals surface area contributed by atoms with Crippen molar-refractivity contribution < 1.29 is 0 Å². The molecule has 82 heavy (non-hydrogen) atoms. The van der Waals surface area contributed by atoms with Gasteiger partial charge in [0.05, 0.1) is 22.4 Å². The predicted molar refractivity (Wildman–Crippen MR) is 341 cm³/mol. The summed E-state index contributed by atoms with van der Waals surface area (Å²) in [6.45, 7) is -0.00273. The van der Waals surface area contributed by atoms with Crippen molar-refractivity contribution in [2.45, 2.75) is 0 Å². The molecule has 382 valence electrons. The van der Waals surface area contributed by atoms with Gasteiger partial charge < -0.3 is 14.4 Å². The maximum absolute atomic E-state index is 5.23. The Balaban J connectivity index is 0.916. The van der Waals surface area contributed by atoms with E-state index in [9.17, 15) is 0 Å². The van der Waals surface area contributed by atoms with Gasteiger partial charge in [-0.05, 0) is 118 Å². The van der Waals surface area contributed by atoms with Crippen LogP contribution in [-0.4, -0.2) is 26.2 Å². The number of aromatic nitrogens is 4. The number of nitrogens with zero attached hydrogens (tertiary/aromatic N) is 6. The molecule has 0 amide bonds. The average Bonchev–Trinajstić information content (AvgIpc) is 2.90. The fourth-order valence-electron chi connectivity index (χ4n) is 12.8. The minimum atomic E-state index is -0.00273. The van der Waals surface area contributed by atoms with Crippen LogP contribution in [0.4, 0.5) is 34.1 Å². The standard InChI is InChI=1S/C75H49BN6/c1-6-22-50(23-7-1)55-42-45-67-62(48-55)60-32-16-19-35-65(60)82(67)66-46-43-56(75-78-73(53-24-8-2-9-25-53)77-74(79-75)54-26-10-3-11-27-54)49-61(66)52-40-38-51(39-41-52)59-44-47-70-71-72(59)81(58-30-14-5-15-31-58)69-37-21-18-34-64(69)76(71)63-33-17-20-36-68(63)80(70)57-28-12-4-13-29-57/h1-49H. The van der Waals surface area contributed by atoms with Crippen LogP contribution in [0.15, 0.2) is 297 Å². The van der Waals surface area contributed by atoms with E-state index in [1.807, 2.05) is 36.4 Å². The molecule has 0 bridgehead atoms. The Hall–Kier alpha value is -10.9. The number of hydrogen-bond donors (Lipinski definition) is 0. The molecule has 0 fully saturated rings. The summed E-state index contributed by atoms with van der Waals surface area (Å²) in [5, 5.41) is 2.38. The van der Waals surface area contributed by atoms with Crippen LogP contribution in [0.25, 0.3) is 95.0 Å². The summed E-state index contributed by atoms with van der Waals surface area (Å²) in [6.07, 6.45) is 0. The molecule has 0 spiro atoms. The first-order chi connectivity index (χ1) is 40.7. The highest BCUT2D eigenvalue weighted by Crippen LogP contribution is 2.48. The van der Waals surface area contributed by atoms with Gasteiger partial charge in [-0.1, -0.05) is 218 Å². The van der Waals surface area contributed by atoms with Gasteiger partial charge in [0.2, 0.25) is 0 Å². The number of para-hydroxylation sites is 5. The number of benzene rings is 12. The smallest absolute Gasteiger partial charge is 0.252 e. The molecule has 0 saturated carbocycles. The minimum Gasteiger partial charge on any atom is -0.311 e. The molecular formula is C75H49BN6. The zero-order valence-corrected chi connectivity index (χ0v) is 44.6. The summed E-state index contributed by atoms with van der Waals surface area (Å²) >= 11 is 0. The van der Waals surface area contributed by atoms with E-state index in [4.69, 9.17) is 15.0 Å². The average molecular weight is 1050 g/mol. The summed E-state index contributed by atoms with van der Waals surface area (Å²) in [4.78, 5) is 20.5. The fraction of sp³-hybridized carbons (Fsp3) is 0. The van der Waals surface area contributed by atoms with E-state index >= 15 is 0 Å². The molecule has 0 N–H and O–H groups in total. The van der Waals surface area contributed by atoms with Gasteiger partial charge in [0.15, 0.2) is 17.5 Å². The lowest BCUT2D eigenvalue weighted by atomic mass is 9.33. The lowest BCUT2D eigenvalue weighted by molar-refractivity contribution is 1.07. The number of fused-ring (bicyclic) bond motifs is 7. The predicted octanol–water partition coefficient (Wildman–Crippen LogP) is 17.1. The van der Waals surface area contributed by atoms with Crippen molar-refractivity contribution in [2.24, 2.45) is 0 Å². The summed E-state index contributed by atoms with van der Waals surface area (Å²) in [5.74, 6) is 1.84. The molecule has 16 rings (SSSR count). The molecule has 4 heterocycles. The first-order valence-electron chi connectivity index (χ1n) is 28.0. The number of anilines is 6. The minimum absolute atomic E-state index is 0.00273. The topological polar surface area (TPSA) is 50.1 Å². The highest BCUT2D eigenvalue weighted by molar-refractivity contribution is 7.00. The van der Waals surface area contributed by atoms with Crippen molar-refractivity contribution in [3.05, 3.63) is 297 Å². The Bertz CT molecular complexity index is 4670. The normalized spacial score (nSPS) is 12.3. The molecule has 12 aromatic carbocycles. The largest absolute Gasteiger partial charge is 0.311 e. The maximum Gasteiger partial charge on any atom is 0.252 e. The molecule has 0 aliphatic carbocycles. The molecule has 2 aromatic heterocycles. The van der Waals surface area contributed by atoms with Crippen LogP contribution in [0.5, 0.6) is 0 Å². The van der Waals surface area contributed by atoms with Crippen molar-refractivity contribution in [3.63, 3.8) is 0 Å². The SMILES string of the molecule is c1ccc(-c2ccc3c(c2)c2ccccc2n3-c2ccc(-c3nc(-c4ccccc4)nc(-c4ccccc4)n3)cc2-c2ccc(-c3ccc4c5c3N(c3ccccc3)c3ccccc3B5c3ccccc3N4c3ccccc3)cc2)cc1. The van der Waals surface area contributed by atoms with Crippen LogP contribution >= 0.6 is 0 Å². The molecular weight excluding hydrogens is 996 g/mol. The van der Waals surface area contributed by atoms with Crippen molar-refractivity contribution in [1.29, 1.82) is 0 Å². The lowest BCUT2D eigenvalue weighted by Crippen LogP contribution is -2.61. The van der Waals surface area contributed by atoms with Crippen LogP contribution in [-0.2, 0) is 0 Å². The van der Waals surface area contributed by atoms with Gasteiger partial charge in [-0.15, -0.1) is 0 Å². The van der Waals surface area contributed by atoms with Crippen LogP contribution in [0, 0.1) is 0 Å². The van der Waals surface area contributed by atoms with Gasteiger partial charge in [-0.2, -0.15) is 0 Å². The maximum atomic E-state index is 5.23. The second-order valence-electron chi connectivity index (χ2n) is 21.1.